The number of rotatable bonds is 5. The normalized spacial score (nSPS) is 19.6. The van der Waals surface area contributed by atoms with Crippen molar-refractivity contribution in [3.05, 3.63) is 29.8 Å². The molecular formula is C14H17NO5S2. The van der Waals surface area contributed by atoms with E-state index in [0.717, 1.165) is 4.90 Å². The first-order chi connectivity index (χ1) is 10.4. The number of esters is 1. The predicted molar refractivity (Wildman–Crippen MR) is 83.7 cm³/mol. The third-order valence-electron chi connectivity index (χ3n) is 3.26. The third kappa shape index (κ3) is 4.48. The molecule has 120 valence electrons. The van der Waals surface area contributed by atoms with Crippen LogP contribution >= 0.6 is 11.8 Å². The molecule has 1 fully saturated rings. The van der Waals surface area contributed by atoms with E-state index < -0.39 is 34.4 Å². The lowest BCUT2D eigenvalue weighted by Gasteiger charge is -2.11. The minimum Gasteiger partial charge on any atom is -0.452 e. The van der Waals surface area contributed by atoms with E-state index in [9.17, 15) is 18.0 Å². The molecule has 0 bridgehead atoms. The van der Waals surface area contributed by atoms with E-state index in [4.69, 9.17) is 4.74 Å². The van der Waals surface area contributed by atoms with Crippen molar-refractivity contribution in [1.82, 2.24) is 5.32 Å². The molecular weight excluding hydrogens is 326 g/mol. The fraction of sp³-hybridized carbons (Fsp3) is 0.429. The summed E-state index contributed by atoms with van der Waals surface area (Å²) in [4.78, 5) is 24.4. The van der Waals surface area contributed by atoms with Gasteiger partial charge in [-0.2, -0.15) is 0 Å². The lowest BCUT2D eigenvalue weighted by molar-refractivity contribution is -0.124. The summed E-state index contributed by atoms with van der Waals surface area (Å²) in [6, 6.07) is 6.57. The zero-order valence-electron chi connectivity index (χ0n) is 12.1. The SMILES string of the molecule is CSc1ccccc1C(=O)OCC(=O)N[C@@H]1CCS(=O)(=O)C1. The van der Waals surface area contributed by atoms with E-state index >= 15 is 0 Å². The lowest BCUT2D eigenvalue weighted by Crippen LogP contribution is -2.38. The Morgan fingerprint density at radius 1 is 1.36 bits per heavy atom. The molecule has 1 atom stereocenters. The lowest BCUT2D eigenvalue weighted by atomic mass is 10.2. The van der Waals surface area contributed by atoms with Crippen LogP contribution in [0.4, 0.5) is 0 Å². The van der Waals surface area contributed by atoms with E-state index in [1.165, 1.54) is 11.8 Å². The highest BCUT2D eigenvalue weighted by atomic mass is 32.2. The summed E-state index contributed by atoms with van der Waals surface area (Å²) in [5, 5.41) is 2.57. The minimum atomic E-state index is -3.05. The van der Waals surface area contributed by atoms with Crippen LogP contribution in [0, 0.1) is 0 Å². The van der Waals surface area contributed by atoms with Gasteiger partial charge in [0.2, 0.25) is 0 Å². The van der Waals surface area contributed by atoms with E-state index in [-0.39, 0.29) is 11.5 Å². The fourth-order valence-electron chi connectivity index (χ4n) is 2.20. The number of thioether (sulfide) groups is 1. The molecule has 0 saturated carbocycles. The van der Waals surface area contributed by atoms with E-state index in [2.05, 4.69) is 5.32 Å². The second kappa shape index (κ2) is 7.15. The third-order valence-corrected chi connectivity index (χ3v) is 5.82. The molecule has 1 aliphatic heterocycles. The molecule has 8 heteroatoms. The van der Waals surface area contributed by atoms with Crippen LogP contribution in [0.3, 0.4) is 0 Å². The Morgan fingerprint density at radius 3 is 2.73 bits per heavy atom. The van der Waals surface area contributed by atoms with Gasteiger partial charge in [-0.25, -0.2) is 13.2 Å². The fourth-order valence-corrected chi connectivity index (χ4v) is 4.46. The van der Waals surface area contributed by atoms with Crippen LogP contribution in [-0.2, 0) is 19.4 Å². The van der Waals surface area contributed by atoms with Gasteiger partial charge in [0.05, 0.1) is 17.1 Å². The number of amides is 1. The summed E-state index contributed by atoms with van der Waals surface area (Å²) in [7, 11) is -3.05. The van der Waals surface area contributed by atoms with Gasteiger partial charge in [0.1, 0.15) is 0 Å². The van der Waals surface area contributed by atoms with Crippen molar-refractivity contribution in [3.8, 4) is 0 Å². The molecule has 1 aromatic carbocycles. The maximum atomic E-state index is 12.0. The molecule has 1 saturated heterocycles. The highest BCUT2D eigenvalue weighted by Crippen LogP contribution is 2.20. The van der Waals surface area contributed by atoms with Gasteiger partial charge in [0.25, 0.3) is 5.91 Å². The number of carbonyl (C=O) groups excluding carboxylic acids is 2. The summed E-state index contributed by atoms with van der Waals surface area (Å²) >= 11 is 1.42. The molecule has 6 nitrogen and oxygen atoms in total. The molecule has 0 aliphatic carbocycles. The first kappa shape index (κ1) is 16.8. The van der Waals surface area contributed by atoms with Gasteiger partial charge in [-0.1, -0.05) is 12.1 Å². The quantitative estimate of drug-likeness (QED) is 0.630. The Bertz CT molecular complexity index is 672. The zero-order chi connectivity index (χ0) is 16.2. The van der Waals surface area contributed by atoms with Crippen LogP contribution in [0.1, 0.15) is 16.8 Å². The highest BCUT2D eigenvalue weighted by molar-refractivity contribution is 7.98. The second-order valence-electron chi connectivity index (χ2n) is 4.94. The monoisotopic (exact) mass is 343 g/mol. The van der Waals surface area contributed by atoms with Gasteiger partial charge in [0, 0.05) is 10.9 Å². The first-order valence-electron chi connectivity index (χ1n) is 6.71. The molecule has 0 radical (unpaired) electrons. The molecule has 0 spiro atoms. The Kier molecular flexibility index (Phi) is 5.47. The van der Waals surface area contributed by atoms with Gasteiger partial charge >= 0.3 is 5.97 Å². The van der Waals surface area contributed by atoms with E-state index in [0.29, 0.717) is 12.0 Å². The Morgan fingerprint density at radius 2 is 2.09 bits per heavy atom. The van der Waals surface area contributed by atoms with Crippen LogP contribution in [0.2, 0.25) is 0 Å². The molecule has 1 N–H and O–H groups in total. The molecule has 2 rings (SSSR count). The minimum absolute atomic E-state index is 0.0536. The smallest absolute Gasteiger partial charge is 0.339 e. The summed E-state index contributed by atoms with van der Waals surface area (Å²) in [6.45, 7) is -0.419. The van der Waals surface area contributed by atoms with Gasteiger partial charge in [-0.3, -0.25) is 4.79 Å². The van der Waals surface area contributed by atoms with Crippen molar-refractivity contribution in [3.63, 3.8) is 0 Å². The zero-order valence-corrected chi connectivity index (χ0v) is 13.7. The largest absolute Gasteiger partial charge is 0.452 e. The van der Waals surface area contributed by atoms with E-state index in [1.54, 1.807) is 18.2 Å². The summed E-state index contributed by atoms with van der Waals surface area (Å²) < 4.78 is 27.6. The highest BCUT2D eigenvalue weighted by Gasteiger charge is 2.29. The number of sulfone groups is 1. The summed E-state index contributed by atoms with van der Waals surface area (Å²) in [5.74, 6) is -1.03. The average molecular weight is 343 g/mol. The molecule has 0 aromatic heterocycles. The number of hydrogen-bond donors (Lipinski definition) is 1. The number of nitrogens with one attached hydrogen (secondary N) is 1. The molecule has 1 aromatic rings. The summed E-state index contributed by atoms with van der Waals surface area (Å²) in [6.07, 6.45) is 2.25. The Labute approximate surface area is 133 Å². The first-order valence-corrected chi connectivity index (χ1v) is 9.76. The molecule has 1 aliphatic rings. The van der Waals surface area contributed by atoms with E-state index in [1.807, 2.05) is 12.3 Å². The Hall–Kier alpha value is -1.54. The maximum absolute atomic E-state index is 12.0. The van der Waals surface area contributed by atoms with Crippen molar-refractivity contribution >= 4 is 33.5 Å². The van der Waals surface area contributed by atoms with Crippen LogP contribution in [0.25, 0.3) is 0 Å². The number of benzene rings is 1. The maximum Gasteiger partial charge on any atom is 0.339 e. The average Bonchev–Trinajstić information content (AvgIpc) is 2.83. The number of carbonyl (C=O) groups is 2. The van der Waals surface area contributed by atoms with Crippen molar-refractivity contribution in [1.29, 1.82) is 0 Å². The van der Waals surface area contributed by atoms with Gasteiger partial charge < -0.3 is 10.1 Å². The topological polar surface area (TPSA) is 89.5 Å². The van der Waals surface area contributed by atoms with Crippen molar-refractivity contribution in [2.24, 2.45) is 0 Å². The van der Waals surface area contributed by atoms with Gasteiger partial charge in [-0.15, -0.1) is 11.8 Å². The second-order valence-corrected chi connectivity index (χ2v) is 8.02. The predicted octanol–water partition coefficient (Wildman–Crippen LogP) is 0.869. The van der Waals surface area contributed by atoms with Crippen molar-refractivity contribution in [2.45, 2.75) is 17.4 Å². The van der Waals surface area contributed by atoms with Crippen LogP contribution in [0.5, 0.6) is 0 Å². The molecule has 22 heavy (non-hydrogen) atoms. The van der Waals surface area contributed by atoms with Gasteiger partial charge in [-0.05, 0) is 24.8 Å². The van der Waals surface area contributed by atoms with Crippen molar-refractivity contribution in [2.75, 3.05) is 24.4 Å². The van der Waals surface area contributed by atoms with Crippen LogP contribution in [-0.4, -0.2) is 50.7 Å². The van der Waals surface area contributed by atoms with Crippen LogP contribution < -0.4 is 5.32 Å². The number of hydrogen-bond acceptors (Lipinski definition) is 6. The molecule has 0 unspecified atom stereocenters. The van der Waals surface area contributed by atoms with Crippen molar-refractivity contribution < 1.29 is 22.7 Å². The summed E-state index contributed by atoms with van der Waals surface area (Å²) in [5.41, 5.74) is 0.409. The Balaban J connectivity index is 1.85. The molecule has 1 heterocycles. The standard InChI is InChI=1S/C14H17NO5S2/c1-21-12-5-3-2-4-11(12)14(17)20-8-13(16)15-10-6-7-22(18,19)9-10/h2-5,10H,6-9H2,1H3,(H,15,16)/t10-/m1/s1. The molecule has 1 amide bonds. The van der Waals surface area contributed by atoms with Gasteiger partial charge in [0.15, 0.2) is 16.4 Å². The van der Waals surface area contributed by atoms with Crippen LogP contribution in [0.15, 0.2) is 29.2 Å². The number of ether oxygens (including phenoxy) is 1.